The maximum absolute atomic E-state index is 3.42. The third-order valence-corrected chi connectivity index (χ3v) is 2.93. The van der Waals surface area contributed by atoms with Crippen LogP contribution < -0.4 is 4.72 Å². The van der Waals surface area contributed by atoms with Crippen LogP contribution in [0.15, 0.2) is 29.2 Å². The van der Waals surface area contributed by atoms with Gasteiger partial charge in [0, 0.05) is 10.9 Å². The van der Waals surface area contributed by atoms with E-state index in [9.17, 15) is 0 Å². The third kappa shape index (κ3) is 3.83. The highest BCUT2D eigenvalue weighted by Crippen LogP contribution is 2.14. The van der Waals surface area contributed by atoms with Crippen LogP contribution in [0, 0.1) is 6.07 Å². The summed E-state index contributed by atoms with van der Waals surface area (Å²) < 4.78 is 3.42. The molecule has 0 aliphatic carbocycles. The Morgan fingerprint density at radius 3 is 2.69 bits per heavy atom. The third-order valence-electron chi connectivity index (χ3n) is 2.00. The molecule has 1 radical (unpaired) electrons. The topological polar surface area (TPSA) is 12.0 Å². The lowest BCUT2D eigenvalue weighted by atomic mass is 10.2. The van der Waals surface area contributed by atoms with Gasteiger partial charge in [-0.1, -0.05) is 32.0 Å². The van der Waals surface area contributed by atoms with Crippen molar-refractivity contribution in [3.8, 4) is 0 Å². The lowest BCUT2D eigenvalue weighted by molar-refractivity contribution is 0.591. The molecule has 0 saturated carbocycles. The lowest BCUT2D eigenvalue weighted by Crippen LogP contribution is -2.20. The number of hydrogen-bond donors (Lipinski definition) is 1. The molecule has 1 aromatic carbocycles. The molecule has 0 aromatic heterocycles. The monoisotopic (exact) mass is 194 g/mol. The van der Waals surface area contributed by atoms with Crippen LogP contribution in [0.5, 0.6) is 0 Å². The van der Waals surface area contributed by atoms with Crippen molar-refractivity contribution in [2.75, 3.05) is 0 Å². The molecule has 1 rings (SSSR count). The molecule has 0 unspecified atom stereocenters. The zero-order valence-electron chi connectivity index (χ0n) is 8.21. The van der Waals surface area contributed by atoms with Crippen LogP contribution in [-0.2, 0) is 0 Å². The normalized spacial score (nSPS) is 10.7. The van der Waals surface area contributed by atoms with Crippen LogP contribution in [0.3, 0.4) is 0 Å². The van der Waals surface area contributed by atoms with E-state index < -0.39 is 0 Å². The summed E-state index contributed by atoms with van der Waals surface area (Å²) in [4.78, 5) is 1.16. The Kier molecular flexibility index (Phi) is 4.94. The maximum Gasteiger partial charge on any atom is 0.0307 e. The van der Waals surface area contributed by atoms with Gasteiger partial charge in [-0.15, -0.1) is 0 Å². The number of nitrogens with one attached hydrogen (secondary N) is 1. The molecule has 0 atom stereocenters. The first kappa shape index (κ1) is 10.6. The maximum atomic E-state index is 3.42. The van der Waals surface area contributed by atoms with Gasteiger partial charge in [-0.25, -0.2) is 0 Å². The second-order valence-corrected chi connectivity index (χ2v) is 3.84. The van der Waals surface area contributed by atoms with Crippen LogP contribution in [0.25, 0.3) is 0 Å². The molecule has 0 spiro atoms. The Labute approximate surface area is 85.1 Å². The minimum absolute atomic E-state index is 0.610. The van der Waals surface area contributed by atoms with Gasteiger partial charge in [0.15, 0.2) is 0 Å². The molecule has 0 aliphatic heterocycles. The summed E-state index contributed by atoms with van der Waals surface area (Å²) >= 11 is 1.67. The van der Waals surface area contributed by atoms with Crippen molar-refractivity contribution in [2.45, 2.75) is 37.6 Å². The fourth-order valence-corrected chi connectivity index (χ4v) is 1.94. The summed E-state index contributed by atoms with van der Waals surface area (Å²) in [6.07, 6.45) is 2.35. The van der Waals surface area contributed by atoms with Crippen molar-refractivity contribution in [3.05, 3.63) is 30.3 Å². The summed E-state index contributed by atoms with van der Waals surface area (Å²) in [6.45, 7) is 4.41. The molecule has 2 heteroatoms. The molecule has 0 aliphatic rings. The molecule has 13 heavy (non-hydrogen) atoms. The molecular formula is C11H16NS. The SMILES string of the molecule is CCC(CC)NSc1[c]cccc1. The average Bonchev–Trinajstić information content (AvgIpc) is 2.21. The predicted molar refractivity (Wildman–Crippen MR) is 58.6 cm³/mol. The van der Waals surface area contributed by atoms with Crippen molar-refractivity contribution in [2.24, 2.45) is 0 Å². The average molecular weight is 194 g/mol. The molecular weight excluding hydrogens is 178 g/mol. The van der Waals surface area contributed by atoms with E-state index in [1.165, 1.54) is 12.8 Å². The molecule has 0 bridgehead atoms. The van der Waals surface area contributed by atoms with E-state index in [1.807, 2.05) is 18.2 Å². The van der Waals surface area contributed by atoms with Gasteiger partial charge in [0.25, 0.3) is 0 Å². The summed E-state index contributed by atoms with van der Waals surface area (Å²) in [7, 11) is 0. The van der Waals surface area contributed by atoms with Crippen molar-refractivity contribution in [3.63, 3.8) is 0 Å². The molecule has 0 heterocycles. The first-order valence-electron chi connectivity index (χ1n) is 4.75. The lowest BCUT2D eigenvalue weighted by Gasteiger charge is -2.12. The standard InChI is InChI=1S/C11H16NS/c1-3-10(4-2)12-13-11-8-6-5-7-9-11/h5-8,10,12H,3-4H2,1-2H3. The Morgan fingerprint density at radius 2 is 2.15 bits per heavy atom. The number of benzene rings is 1. The minimum atomic E-state index is 0.610. The van der Waals surface area contributed by atoms with Crippen molar-refractivity contribution in [1.29, 1.82) is 0 Å². The van der Waals surface area contributed by atoms with E-state index in [0.29, 0.717) is 6.04 Å². The van der Waals surface area contributed by atoms with E-state index >= 15 is 0 Å². The first-order chi connectivity index (χ1) is 6.36. The molecule has 0 amide bonds. The number of hydrogen-bond acceptors (Lipinski definition) is 2. The van der Waals surface area contributed by atoms with Gasteiger partial charge in [0.2, 0.25) is 0 Å². The molecule has 1 aromatic rings. The fraction of sp³-hybridized carbons (Fsp3) is 0.455. The van der Waals surface area contributed by atoms with E-state index in [2.05, 4.69) is 30.7 Å². The summed E-state index contributed by atoms with van der Waals surface area (Å²) in [6, 6.07) is 11.8. The van der Waals surface area contributed by atoms with Crippen molar-refractivity contribution < 1.29 is 0 Å². The molecule has 0 fully saturated rings. The van der Waals surface area contributed by atoms with Gasteiger partial charge in [-0.05, 0) is 36.9 Å². The Balaban J connectivity index is 2.34. The van der Waals surface area contributed by atoms with Gasteiger partial charge < -0.3 is 0 Å². The zero-order chi connectivity index (χ0) is 9.52. The van der Waals surface area contributed by atoms with Crippen LogP contribution in [-0.4, -0.2) is 6.04 Å². The fourth-order valence-electron chi connectivity index (χ4n) is 1.04. The predicted octanol–water partition coefficient (Wildman–Crippen LogP) is 3.27. The highest BCUT2D eigenvalue weighted by molar-refractivity contribution is 7.97. The van der Waals surface area contributed by atoms with E-state index in [4.69, 9.17) is 0 Å². The van der Waals surface area contributed by atoms with Gasteiger partial charge in [-0.3, -0.25) is 4.72 Å². The second kappa shape index (κ2) is 6.06. The van der Waals surface area contributed by atoms with Crippen LogP contribution in [0.1, 0.15) is 26.7 Å². The zero-order valence-corrected chi connectivity index (χ0v) is 9.03. The molecule has 1 N–H and O–H groups in total. The van der Waals surface area contributed by atoms with Crippen LogP contribution in [0.4, 0.5) is 0 Å². The van der Waals surface area contributed by atoms with Gasteiger partial charge in [-0.2, -0.15) is 0 Å². The largest absolute Gasteiger partial charge is 0.257 e. The number of rotatable bonds is 5. The van der Waals surface area contributed by atoms with Gasteiger partial charge in [0.05, 0.1) is 0 Å². The first-order valence-corrected chi connectivity index (χ1v) is 5.57. The van der Waals surface area contributed by atoms with Crippen molar-refractivity contribution >= 4 is 11.9 Å². The summed E-state index contributed by atoms with van der Waals surface area (Å²) in [5.41, 5.74) is 0. The second-order valence-electron chi connectivity index (χ2n) is 2.96. The van der Waals surface area contributed by atoms with E-state index in [1.54, 1.807) is 11.9 Å². The van der Waals surface area contributed by atoms with Gasteiger partial charge in [0.1, 0.15) is 0 Å². The highest BCUT2D eigenvalue weighted by atomic mass is 32.2. The summed E-state index contributed by atoms with van der Waals surface area (Å²) in [5.74, 6) is 0. The van der Waals surface area contributed by atoms with E-state index in [-0.39, 0.29) is 0 Å². The highest BCUT2D eigenvalue weighted by Gasteiger charge is 2.01. The quantitative estimate of drug-likeness (QED) is 0.722. The minimum Gasteiger partial charge on any atom is -0.257 e. The van der Waals surface area contributed by atoms with Crippen molar-refractivity contribution in [1.82, 2.24) is 4.72 Å². The van der Waals surface area contributed by atoms with Gasteiger partial charge >= 0.3 is 0 Å². The van der Waals surface area contributed by atoms with Crippen LogP contribution in [0.2, 0.25) is 0 Å². The Bertz CT molecular complexity index is 219. The summed E-state index contributed by atoms with van der Waals surface area (Å²) in [5, 5.41) is 0. The molecule has 1 nitrogen and oxygen atoms in total. The smallest absolute Gasteiger partial charge is 0.0307 e. The molecule has 71 valence electrons. The Hall–Kier alpha value is -0.470. The molecule has 0 saturated heterocycles. The van der Waals surface area contributed by atoms with E-state index in [0.717, 1.165) is 4.90 Å². The Morgan fingerprint density at radius 1 is 1.38 bits per heavy atom. The van der Waals surface area contributed by atoms with Crippen LogP contribution >= 0.6 is 11.9 Å².